The van der Waals surface area contributed by atoms with Crippen LogP contribution < -0.4 is 10.6 Å². The molecule has 1 aromatic rings. The maximum Gasteiger partial charge on any atom is 0.246 e. The van der Waals surface area contributed by atoms with Gasteiger partial charge in [0.05, 0.1) is 0 Å². The summed E-state index contributed by atoms with van der Waals surface area (Å²) in [6.07, 6.45) is 6.08. The highest BCUT2D eigenvalue weighted by molar-refractivity contribution is 5.96. The first kappa shape index (κ1) is 21.7. The second kappa shape index (κ2) is 10.1. The molecule has 0 spiro atoms. The maximum atomic E-state index is 13.0. The predicted octanol–water partition coefficient (Wildman–Crippen LogP) is 3.59. The Morgan fingerprint density at radius 1 is 1.19 bits per heavy atom. The third kappa shape index (κ3) is 5.69. The third-order valence-electron chi connectivity index (χ3n) is 5.71. The molecule has 150 valence electrons. The highest BCUT2D eigenvalue weighted by Gasteiger charge is 2.35. The Hall–Kier alpha value is -1.59. The fraction of sp³-hybridized carbons (Fsp3) is 0.619. The molecule has 3 unspecified atom stereocenters. The summed E-state index contributed by atoms with van der Waals surface area (Å²) in [5.74, 6) is 0.447. The Balaban J connectivity index is 0.00000261. The van der Waals surface area contributed by atoms with Gasteiger partial charge in [0.1, 0.15) is 6.04 Å². The van der Waals surface area contributed by atoms with Crippen molar-refractivity contribution in [3.63, 3.8) is 0 Å². The van der Waals surface area contributed by atoms with Gasteiger partial charge in [0.25, 0.3) is 0 Å². The van der Waals surface area contributed by atoms with E-state index < -0.39 is 6.04 Å². The number of benzene rings is 1. The van der Waals surface area contributed by atoms with Gasteiger partial charge in [-0.2, -0.15) is 0 Å². The van der Waals surface area contributed by atoms with Crippen LogP contribution in [-0.2, 0) is 9.59 Å². The van der Waals surface area contributed by atoms with Gasteiger partial charge in [-0.3, -0.25) is 9.59 Å². The lowest BCUT2D eigenvalue weighted by Gasteiger charge is -2.33. The van der Waals surface area contributed by atoms with Crippen molar-refractivity contribution in [2.75, 3.05) is 11.9 Å². The zero-order valence-corrected chi connectivity index (χ0v) is 17.1. The van der Waals surface area contributed by atoms with Crippen LogP contribution >= 0.6 is 12.4 Å². The quantitative estimate of drug-likeness (QED) is 0.744. The minimum Gasteiger partial charge on any atom is -0.331 e. The fourth-order valence-corrected chi connectivity index (χ4v) is 4.39. The van der Waals surface area contributed by atoms with Crippen molar-refractivity contribution in [2.24, 2.45) is 5.92 Å². The number of hydrogen-bond donors (Lipinski definition) is 2. The van der Waals surface area contributed by atoms with Gasteiger partial charge in [-0.25, -0.2) is 0 Å². The molecule has 6 heteroatoms. The average molecular weight is 394 g/mol. The number of rotatable bonds is 7. The number of amides is 2. The Morgan fingerprint density at radius 3 is 2.41 bits per heavy atom. The summed E-state index contributed by atoms with van der Waals surface area (Å²) in [6, 6.07) is 10.1. The summed E-state index contributed by atoms with van der Waals surface area (Å²) >= 11 is 0. The van der Waals surface area contributed by atoms with Crippen molar-refractivity contribution in [3.8, 4) is 0 Å². The molecule has 27 heavy (non-hydrogen) atoms. The van der Waals surface area contributed by atoms with Gasteiger partial charge in [0.15, 0.2) is 0 Å². The lowest BCUT2D eigenvalue weighted by molar-refractivity contribution is -0.139. The molecule has 2 N–H and O–H groups in total. The molecule has 2 aliphatic heterocycles. The molecule has 3 atom stereocenters. The molecule has 0 saturated carbocycles. The first-order chi connectivity index (χ1) is 12.6. The SMILES string of the molecule is CCCN(C(=O)CC1CC2CCC(C1)N2)C(C)C(=O)Nc1ccccc1.Cl. The van der Waals surface area contributed by atoms with E-state index in [1.807, 2.05) is 44.2 Å². The number of anilines is 1. The number of piperidine rings is 1. The standard InChI is InChI=1S/C21H31N3O2.ClH/c1-3-11-24(15(2)21(26)23-17-7-5-4-6-8-17)20(25)14-16-12-18-9-10-19(13-16)22-18;/h4-8,15-16,18-19,22H,3,9-14H2,1-2H3,(H,23,26);1H. The van der Waals surface area contributed by atoms with Crippen LogP contribution in [0.5, 0.6) is 0 Å². The summed E-state index contributed by atoms with van der Waals surface area (Å²) in [4.78, 5) is 27.3. The molecule has 2 heterocycles. The Morgan fingerprint density at radius 2 is 1.81 bits per heavy atom. The Labute approximate surface area is 168 Å². The first-order valence-corrected chi connectivity index (χ1v) is 9.98. The van der Waals surface area contributed by atoms with E-state index in [4.69, 9.17) is 0 Å². The normalized spacial score (nSPS) is 24.6. The van der Waals surface area contributed by atoms with Crippen LogP contribution in [0.2, 0.25) is 0 Å². The van der Waals surface area contributed by atoms with E-state index >= 15 is 0 Å². The molecule has 2 fully saturated rings. The summed E-state index contributed by atoms with van der Waals surface area (Å²) in [6.45, 7) is 4.50. The van der Waals surface area contributed by atoms with Crippen LogP contribution in [0, 0.1) is 5.92 Å². The van der Waals surface area contributed by atoms with Crippen LogP contribution in [0.15, 0.2) is 30.3 Å². The van der Waals surface area contributed by atoms with Crippen LogP contribution in [0.3, 0.4) is 0 Å². The molecule has 2 bridgehead atoms. The molecule has 3 rings (SSSR count). The molecule has 0 aromatic heterocycles. The van der Waals surface area contributed by atoms with E-state index in [0.29, 0.717) is 31.0 Å². The molecule has 0 aliphatic carbocycles. The van der Waals surface area contributed by atoms with E-state index in [2.05, 4.69) is 10.6 Å². The van der Waals surface area contributed by atoms with Gasteiger partial charge < -0.3 is 15.5 Å². The van der Waals surface area contributed by atoms with Crippen molar-refractivity contribution in [2.45, 2.75) is 70.5 Å². The lowest BCUT2D eigenvalue weighted by atomic mass is 9.89. The zero-order chi connectivity index (χ0) is 18.5. The Bertz CT molecular complexity index is 613. The number of fused-ring (bicyclic) bond motifs is 2. The summed E-state index contributed by atoms with van der Waals surface area (Å²) < 4.78 is 0. The number of carbonyl (C=O) groups excluding carboxylic acids is 2. The Kier molecular flexibility index (Phi) is 8.11. The summed E-state index contributed by atoms with van der Waals surface area (Å²) in [5, 5.41) is 6.55. The van der Waals surface area contributed by atoms with E-state index in [-0.39, 0.29) is 24.2 Å². The predicted molar refractivity (Wildman–Crippen MR) is 111 cm³/mol. The van der Waals surface area contributed by atoms with Crippen molar-refractivity contribution in [1.29, 1.82) is 0 Å². The van der Waals surface area contributed by atoms with Crippen LogP contribution in [0.4, 0.5) is 5.69 Å². The number of nitrogens with zero attached hydrogens (tertiary/aromatic N) is 1. The second-order valence-electron chi connectivity index (χ2n) is 7.80. The molecule has 2 amide bonds. The van der Waals surface area contributed by atoms with Crippen molar-refractivity contribution in [1.82, 2.24) is 10.2 Å². The lowest BCUT2D eigenvalue weighted by Crippen LogP contribution is -2.47. The van der Waals surface area contributed by atoms with Crippen molar-refractivity contribution in [3.05, 3.63) is 30.3 Å². The second-order valence-corrected chi connectivity index (χ2v) is 7.80. The topological polar surface area (TPSA) is 61.4 Å². The maximum absolute atomic E-state index is 13.0. The van der Waals surface area contributed by atoms with Crippen LogP contribution in [-0.4, -0.2) is 41.4 Å². The monoisotopic (exact) mass is 393 g/mol. The van der Waals surface area contributed by atoms with Gasteiger partial charge >= 0.3 is 0 Å². The highest BCUT2D eigenvalue weighted by Crippen LogP contribution is 2.33. The van der Waals surface area contributed by atoms with E-state index in [1.54, 1.807) is 4.90 Å². The molecule has 2 aliphatic rings. The van der Waals surface area contributed by atoms with Crippen LogP contribution in [0.1, 0.15) is 52.4 Å². The largest absolute Gasteiger partial charge is 0.331 e. The first-order valence-electron chi connectivity index (χ1n) is 9.98. The van der Waals surface area contributed by atoms with Crippen molar-refractivity contribution >= 4 is 29.9 Å². The minimum absolute atomic E-state index is 0. The number of hydrogen-bond acceptors (Lipinski definition) is 3. The van der Waals surface area contributed by atoms with E-state index in [9.17, 15) is 9.59 Å². The van der Waals surface area contributed by atoms with Gasteiger partial charge in [0.2, 0.25) is 11.8 Å². The average Bonchev–Trinajstić information content (AvgIpc) is 2.98. The van der Waals surface area contributed by atoms with Gasteiger partial charge in [-0.15, -0.1) is 12.4 Å². The van der Waals surface area contributed by atoms with Gasteiger partial charge in [0, 0.05) is 30.7 Å². The number of halogens is 1. The smallest absolute Gasteiger partial charge is 0.246 e. The van der Waals surface area contributed by atoms with Gasteiger partial charge in [-0.05, 0) is 57.1 Å². The summed E-state index contributed by atoms with van der Waals surface area (Å²) in [5.41, 5.74) is 0.767. The van der Waals surface area contributed by atoms with Gasteiger partial charge in [-0.1, -0.05) is 25.1 Å². The fourth-order valence-electron chi connectivity index (χ4n) is 4.39. The molecular weight excluding hydrogens is 362 g/mol. The van der Waals surface area contributed by atoms with E-state index in [1.165, 1.54) is 12.8 Å². The zero-order valence-electron chi connectivity index (χ0n) is 16.3. The highest BCUT2D eigenvalue weighted by atomic mass is 35.5. The third-order valence-corrected chi connectivity index (χ3v) is 5.71. The number of para-hydroxylation sites is 1. The van der Waals surface area contributed by atoms with E-state index in [0.717, 1.165) is 24.9 Å². The molecule has 1 aromatic carbocycles. The number of carbonyl (C=O) groups is 2. The number of nitrogens with one attached hydrogen (secondary N) is 2. The molecule has 2 saturated heterocycles. The molecule has 5 nitrogen and oxygen atoms in total. The molecule has 0 radical (unpaired) electrons. The minimum atomic E-state index is -0.457. The molecular formula is C21H32ClN3O2. The van der Waals surface area contributed by atoms with Crippen molar-refractivity contribution < 1.29 is 9.59 Å². The summed E-state index contributed by atoms with van der Waals surface area (Å²) in [7, 11) is 0. The van der Waals surface area contributed by atoms with Crippen LogP contribution in [0.25, 0.3) is 0 Å².